The molecule has 2 heterocycles. The second-order valence-corrected chi connectivity index (χ2v) is 9.18. The molecule has 39 heavy (non-hydrogen) atoms. The first-order valence-electron chi connectivity index (χ1n) is 12.2. The van der Waals surface area contributed by atoms with Gasteiger partial charge in [0.1, 0.15) is 5.69 Å². The smallest absolute Gasteiger partial charge is 0.268 e. The molecule has 5 nitrogen and oxygen atoms in total. The van der Waals surface area contributed by atoms with Gasteiger partial charge in [0.2, 0.25) is 0 Å². The van der Waals surface area contributed by atoms with Crippen LogP contribution in [0.4, 0.5) is 13.2 Å². The van der Waals surface area contributed by atoms with Gasteiger partial charge in [-0.05, 0) is 55.5 Å². The monoisotopic (exact) mass is 522 g/mol. The van der Waals surface area contributed by atoms with Crippen LogP contribution in [-0.2, 0) is 6.18 Å². The fourth-order valence-electron chi connectivity index (χ4n) is 4.60. The number of aryl methyl sites for hydroxylation is 1. The number of hydrogen-bond acceptors (Lipinski definition) is 3. The van der Waals surface area contributed by atoms with Crippen molar-refractivity contribution in [3.05, 3.63) is 126 Å². The fourth-order valence-corrected chi connectivity index (χ4v) is 4.60. The Morgan fingerprint density at radius 3 is 2.26 bits per heavy atom. The zero-order chi connectivity index (χ0) is 27.1. The highest BCUT2D eigenvalue weighted by atomic mass is 19.4. The molecule has 4 aromatic carbocycles. The third-order valence-corrected chi connectivity index (χ3v) is 6.49. The van der Waals surface area contributed by atoms with Gasteiger partial charge in [0.05, 0.1) is 27.8 Å². The largest absolute Gasteiger partial charge is 0.416 e. The van der Waals surface area contributed by atoms with Gasteiger partial charge in [0.15, 0.2) is 5.82 Å². The van der Waals surface area contributed by atoms with Crippen LogP contribution in [0.25, 0.3) is 39.4 Å². The number of para-hydroxylation sites is 3. The second-order valence-electron chi connectivity index (χ2n) is 9.18. The number of nitrogens with zero attached hydrogens (tertiary/aromatic N) is 4. The molecular weight excluding hydrogens is 501 g/mol. The molecule has 192 valence electrons. The Bertz CT molecular complexity index is 1820. The molecule has 0 aliphatic heterocycles. The number of hydrogen-bond donors (Lipinski definition) is 0. The molecule has 6 rings (SSSR count). The van der Waals surface area contributed by atoms with Gasteiger partial charge in [-0.1, -0.05) is 60.2 Å². The quantitative estimate of drug-likeness (QED) is 0.240. The van der Waals surface area contributed by atoms with Gasteiger partial charge in [0.25, 0.3) is 5.91 Å². The summed E-state index contributed by atoms with van der Waals surface area (Å²) in [5.41, 5.74) is 4.04. The Labute approximate surface area is 221 Å². The average molecular weight is 523 g/mol. The number of alkyl halides is 3. The van der Waals surface area contributed by atoms with E-state index in [1.165, 1.54) is 12.1 Å². The third-order valence-electron chi connectivity index (χ3n) is 6.49. The van der Waals surface area contributed by atoms with Crippen LogP contribution < -0.4 is 0 Å². The number of imidazole rings is 1. The van der Waals surface area contributed by atoms with Crippen molar-refractivity contribution in [3.63, 3.8) is 0 Å². The van der Waals surface area contributed by atoms with E-state index in [0.29, 0.717) is 39.2 Å². The Morgan fingerprint density at radius 1 is 0.821 bits per heavy atom. The predicted molar refractivity (Wildman–Crippen MR) is 144 cm³/mol. The summed E-state index contributed by atoms with van der Waals surface area (Å²) < 4.78 is 43.0. The van der Waals surface area contributed by atoms with Gasteiger partial charge >= 0.3 is 6.18 Å². The van der Waals surface area contributed by atoms with Crippen LogP contribution in [0.2, 0.25) is 0 Å². The standard InChI is InChI=1S/C31H21F3N4O/c1-20-8-7-9-22(18-20)30(39)38-27-13-6-5-12-26(27)35-29(38)25-19-37(24-10-3-2-4-11-24)36-28(25)21-14-16-23(17-15-21)31(32,33)34/h2-19H,1H3. The molecule has 0 atom stereocenters. The minimum absolute atomic E-state index is 0.270. The van der Waals surface area contributed by atoms with E-state index in [1.54, 1.807) is 21.5 Å². The van der Waals surface area contributed by atoms with Crippen molar-refractivity contribution in [3.8, 4) is 28.3 Å². The van der Waals surface area contributed by atoms with Crippen LogP contribution in [-0.4, -0.2) is 25.2 Å². The Balaban J connectivity index is 1.60. The first-order chi connectivity index (χ1) is 18.8. The maximum Gasteiger partial charge on any atom is 0.416 e. The van der Waals surface area contributed by atoms with E-state index in [0.717, 1.165) is 23.4 Å². The number of carbonyl (C=O) groups is 1. The van der Waals surface area contributed by atoms with Crippen molar-refractivity contribution in [1.29, 1.82) is 0 Å². The molecule has 6 aromatic rings. The third kappa shape index (κ3) is 4.50. The minimum Gasteiger partial charge on any atom is -0.268 e. The van der Waals surface area contributed by atoms with Crippen LogP contribution in [0.1, 0.15) is 21.5 Å². The lowest BCUT2D eigenvalue weighted by Gasteiger charge is -2.10. The van der Waals surface area contributed by atoms with Crippen LogP contribution in [0.3, 0.4) is 0 Å². The normalized spacial score (nSPS) is 11.7. The van der Waals surface area contributed by atoms with Crippen molar-refractivity contribution >= 4 is 16.9 Å². The van der Waals surface area contributed by atoms with E-state index in [9.17, 15) is 18.0 Å². The maximum atomic E-state index is 13.9. The second kappa shape index (κ2) is 9.40. The van der Waals surface area contributed by atoms with Gasteiger partial charge in [-0.2, -0.15) is 18.3 Å². The molecule has 0 fully saturated rings. The predicted octanol–water partition coefficient (Wildman–Crippen LogP) is 7.57. The summed E-state index contributed by atoms with van der Waals surface area (Å²) in [6, 6.07) is 28.8. The molecule has 0 unspecified atom stereocenters. The van der Waals surface area contributed by atoms with Gasteiger partial charge in [-0.15, -0.1) is 0 Å². The highest BCUT2D eigenvalue weighted by Gasteiger charge is 2.30. The number of aromatic nitrogens is 4. The summed E-state index contributed by atoms with van der Waals surface area (Å²) >= 11 is 0. The maximum absolute atomic E-state index is 13.9. The molecule has 0 N–H and O–H groups in total. The summed E-state index contributed by atoms with van der Waals surface area (Å²) in [5, 5.41) is 4.75. The zero-order valence-electron chi connectivity index (χ0n) is 20.7. The topological polar surface area (TPSA) is 52.7 Å². The molecular formula is C31H21F3N4O. The Morgan fingerprint density at radius 2 is 1.54 bits per heavy atom. The molecule has 0 saturated carbocycles. The molecule has 0 saturated heterocycles. The summed E-state index contributed by atoms with van der Waals surface area (Å²) in [4.78, 5) is 18.7. The van der Waals surface area contributed by atoms with Crippen molar-refractivity contribution in [2.24, 2.45) is 0 Å². The molecule has 0 amide bonds. The summed E-state index contributed by atoms with van der Waals surface area (Å²) in [5.74, 6) is 0.0769. The van der Waals surface area contributed by atoms with E-state index < -0.39 is 11.7 Å². The number of benzene rings is 4. The number of rotatable bonds is 4. The fraction of sp³-hybridized carbons (Fsp3) is 0.0645. The van der Waals surface area contributed by atoms with Crippen molar-refractivity contribution in [1.82, 2.24) is 19.3 Å². The molecule has 0 aliphatic carbocycles. The van der Waals surface area contributed by atoms with E-state index in [-0.39, 0.29) is 5.91 Å². The molecule has 8 heteroatoms. The Kier molecular flexibility index (Phi) is 5.87. The summed E-state index contributed by atoms with van der Waals surface area (Å²) in [6.45, 7) is 1.91. The average Bonchev–Trinajstić information content (AvgIpc) is 3.55. The van der Waals surface area contributed by atoms with Crippen molar-refractivity contribution in [2.75, 3.05) is 0 Å². The minimum atomic E-state index is -4.46. The van der Waals surface area contributed by atoms with Crippen LogP contribution in [0.15, 0.2) is 109 Å². The summed E-state index contributed by atoms with van der Waals surface area (Å²) in [7, 11) is 0. The number of carbonyl (C=O) groups excluding carboxylic acids is 1. The highest BCUT2D eigenvalue weighted by Crippen LogP contribution is 2.36. The van der Waals surface area contributed by atoms with E-state index in [2.05, 4.69) is 0 Å². The highest BCUT2D eigenvalue weighted by molar-refractivity contribution is 6.04. The van der Waals surface area contributed by atoms with Gasteiger partial charge in [0, 0.05) is 17.3 Å². The zero-order valence-corrected chi connectivity index (χ0v) is 20.7. The van der Waals surface area contributed by atoms with Gasteiger partial charge in [-0.25, -0.2) is 9.67 Å². The molecule has 0 spiro atoms. The molecule has 0 bridgehead atoms. The lowest BCUT2D eigenvalue weighted by molar-refractivity contribution is -0.137. The lowest BCUT2D eigenvalue weighted by Crippen LogP contribution is -2.13. The lowest BCUT2D eigenvalue weighted by atomic mass is 10.1. The van der Waals surface area contributed by atoms with Crippen LogP contribution >= 0.6 is 0 Å². The van der Waals surface area contributed by atoms with E-state index in [1.807, 2.05) is 79.7 Å². The number of fused-ring (bicyclic) bond motifs is 1. The first-order valence-corrected chi connectivity index (χ1v) is 12.2. The van der Waals surface area contributed by atoms with Gasteiger partial charge in [-0.3, -0.25) is 9.36 Å². The molecule has 0 aliphatic rings. The molecule has 0 radical (unpaired) electrons. The first kappa shape index (κ1) is 24.4. The van der Waals surface area contributed by atoms with Crippen LogP contribution in [0, 0.1) is 6.92 Å². The van der Waals surface area contributed by atoms with E-state index in [4.69, 9.17) is 10.1 Å². The number of halogens is 3. The van der Waals surface area contributed by atoms with E-state index >= 15 is 0 Å². The molecule has 2 aromatic heterocycles. The SMILES string of the molecule is Cc1cccc(C(=O)n2c(-c3cn(-c4ccccc4)nc3-c3ccc(C(F)(F)F)cc3)nc3ccccc32)c1. The van der Waals surface area contributed by atoms with Gasteiger partial charge < -0.3 is 0 Å². The van der Waals surface area contributed by atoms with Crippen molar-refractivity contribution < 1.29 is 18.0 Å². The summed E-state index contributed by atoms with van der Waals surface area (Å²) in [6.07, 6.45) is -2.71. The Hall–Kier alpha value is -4.98. The van der Waals surface area contributed by atoms with Crippen molar-refractivity contribution in [2.45, 2.75) is 13.1 Å². The van der Waals surface area contributed by atoms with Crippen LogP contribution in [0.5, 0.6) is 0 Å².